The lowest BCUT2D eigenvalue weighted by Crippen LogP contribution is -2.51. The number of nitrogen functional groups attached to an aromatic ring is 1. The molecule has 2 heterocycles. The van der Waals surface area contributed by atoms with Crippen LogP contribution in [-0.4, -0.2) is 30.1 Å². The van der Waals surface area contributed by atoms with Gasteiger partial charge in [-0.25, -0.2) is 0 Å². The monoisotopic (exact) mass is 272 g/mol. The van der Waals surface area contributed by atoms with E-state index in [9.17, 15) is 9.59 Å². The lowest BCUT2D eigenvalue weighted by molar-refractivity contribution is -0.130. The Hall–Kier alpha value is -2.83. The van der Waals surface area contributed by atoms with Crippen LogP contribution in [0.25, 0.3) is 11.3 Å². The van der Waals surface area contributed by atoms with Gasteiger partial charge in [-0.3, -0.25) is 14.9 Å². The number of nitrogens with two attached hydrogens (primary N) is 1. The van der Waals surface area contributed by atoms with Crippen molar-refractivity contribution in [2.75, 3.05) is 23.7 Å². The SMILES string of the molecule is Nc1cc(-c2ccccc2N2CC(=O)NC(=O)C2)no1. The van der Waals surface area contributed by atoms with Crippen molar-refractivity contribution in [2.45, 2.75) is 0 Å². The third-order valence-electron chi connectivity index (χ3n) is 3.00. The van der Waals surface area contributed by atoms with Crippen LogP contribution in [-0.2, 0) is 9.59 Å². The summed E-state index contributed by atoms with van der Waals surface area (Å²) in [5.41, 5.74) is 7.59. The summed E-state index contributed by atoms with van der Waals surface area (Å²) in [6, 6.07) is 8.94. The molecule has 1 aliphatic heterocycles. The minimum absolute atomic E-state index is 0.121. The van der Waals surface area contributed by atoms with Crippen molar-refractivity contribution in [3.05, 3.63) is 30.3 Å². The zero-order valence-electron chi connectivity index (χ0n) is 10.5. The van der Waals surface area contributed by atoms with E-state index in [0.29, 0.717) is 5.69 Å². The predicted octanol–water partition coefficient (Wildman–Crippen LogP) is 0.387. The molecule has 2 aromatic rings. The van der Waals surface area contributed by atoms with Crippen molar-refractivity contribution < 1.29 is 14.1 Å². The largest absolute Gasteiger partial charge is 0.368 e. The van der Waals surface area contributed by atoms with Gasteiger partial charge in [0.2, 0.25) is 17.7 Å². The summed E-state index contributed by atoms with van der Waals surface area (Å²) in [5, 5.41) is 6.14. The Bertz CT molecular complexity index is 664. The highest BCUT2D eigenvalue weighted by atomic mass is 16.5. The topological polar surface area (TPSA) is 101 Å². The van der Waals surface area contributed by atoms with E-state index in [-0.39, 0.29) is 30.8 Å². The van der Waals surface area contributed by atoms with Crippen LogP contribution in [0.1, 0.15) is 0 Å². The first kappa shape index (κ1) is 12.2. The summed E-state index contributed by atoms with van der Waals surface area (Å²) in [6.07, 6.45) is 0. The molecule has 0 saturated carbocycles. The Labute approximate surface area is 114 Å². The fourth-order valence-electron chi connectivity index (χ4n) is 2.19. The van der Waals surface area contributed by atoms with Crippen LogP contribution < -0.4 is 16.0 Å². The highest BCUT2D eigenvalue weighted by molar-refractivity contribution is 6.03. The molecular formula is C13H12N4O3. The molecule has 0 aliphatic carbocycles. The summed E-state index contributed by atoms with van der Waals surface area (Å²) in [7, 11) is 0. The molecule has 0 bridgehead atoms. The molecular weight excluding hydrogens is 260 g/mol. The molecule has 20 heavy (non-hydrogen) atoms. The third kappa shape index (κ3) is 2.20. The van der Waals surface area contributed by atoms with E-state index in [2.05, 4.69) is 10.5 Å². The number of carbonyl (C=O) groups is 2. The first-order valence-corrected chi connectivity index (χ1v) is 6.03. The van der Waals surface area contributed by atoms with Gasteiger partial charge in [0.1, 0.15) is 5.69 Å². The van der Waals surface area contributed by atoms with Gasteiger partial charge in [0.15, 0.2) is 0 Å². The Morgan fingerprint density at radius 2 is 1.90 bits per heavy atom. The molecule has 2 amide bonds. The van der Waals surface area contributed by atoms with E-state index in [4.69, 9.17) is 10.3 Å². The number of nitrogens with zero attached hydrogens (tertiary/aromatic N) is 2. The molecule has 1 aliphatic rings. The number of piperazine rings is 1. The van der Waals surface area contributed by atoms with Gasteiger partial charge in [-0.15, -0.1) is 0 Å². The number of aromatic nitrogens is 1. The molecule has 1 fully saturated rings. The number of hydrogen-bond donors (Lipinski definition) is 2. The molecule has 3 rings (SSSR count). The minimum Gasteiger partial charge on any atom is -0.368 e. The van der Waals surface area contributed by atoms with E-state index in [1.165, 1.54) is 0 Å². The predicted molar refractivity (Wildman–Crippen MR) is 71.7 cm³/mol. The second-order valence-corrected chi connectivity index (χ2v) is 4.46. The van der Waals surface area contributed by atoms with E-state index in [0.717, 1.165) is 11.3 Å². The standard InChI is InChI=1S/C13H12N4O3/c14-11-5-9(16-20-11)8-3-1-2-4-10(8)17-6-12(18)15-13(19)7-17/h1-5H,6-7,14H2,(H,15,18,19). The van der Waals surface area contributed by atoms with Gasteiger partial charge < -0.3 is 15.2 Å². The van der Waals surface area contributed by atoms with Gasteiger partial charge in [-0.1, -0.05) is 23.4 Å². The van der Waals surface area contributed by atoms with Gasteiger partial charge in [-0.05, 0) is 6.07 Å². The average Bonchev–Trinajstić information content (AvgIpc) is 2.84. The van der Waals surface area contributed by atoms with Crippen LogP contribution >= 0.6 is 0 Å². The van der Waals surface area contributed by atoms with Crippen molar-refractivity contribution in [1.82, 2.24) is 10.5 Å². The molecule has 7 heteroatoms. The maximum Gasteiger partial charge on any atom is 0.246 e. The first-order valence-electron chi connectivity index (χ1n) is 6.03. The Morgan fingerprint density at radius 1 is 1.20 bits per heavy atom. The molecule has 0 unspecified atom stereocenters. The minimum atomic E-state index is -0.323. The maximum absolute atomic E-state index is 11.5. The molecule has 0 spiro atoms. The van der Waals surface area contributed by atoms with Crippen LogP contribution in [0.15, 0.2) is 34.9 Å². The number of para-hydroxylation sites is 1. The quantitative estimate of drug-likeness (QED) is 0.767. The van der Waals surface area contributed by atoms with Crippen molar-refractivity contribution in [3.8, 4) is 11.3 Å². The highest BCUT2D eigenvalue weighted by Crippen LogP contribution is 2.31. The molecule has 3 N–H and O–H groups in total. The molecule has 102 valence electrons. The average molecular weight is 272 g/mol. The number of hydrogen-bond acceptors (Lipinski definition) is 6. The normalized spacial score (nSPS) is 15.3. The van der Waals surface area contributed by atoms with Gasteiger partial charge in [0.05, 0.1) is 13.1 Å². The summed E-state index contributed by atoms with van der Waals surface area (Å²) in [6.45, 7) is 0.242. The lowest BCUT2D eigenvalue weighted by atomic mass is 10.1. The van der Waals surface area contributed by atoms with Gasteiger partial charge in [0.25, 0.3) is 0 Å². The van der Waals surface area contributed by atoms with Crippen molar-refractivity contribution in [3.63, 3.8) is 0 Å². The van der Waals surface area contributed by atoms with Crippen LogP contribution in [0.4, 0.5) is 11.6 Å². The van der Waals surface area contributed by atoms with E-state index in [1.807, 2.05) is 24.3 Å². The number of amides is 2. The van der Waals surface area contributed by atoms with E-state index >= 15 is 0 Å². The first-order chi connectivity index (χ1) is 9.63. The number of carbonyl (C=O) groups excluding carboxylic acids is 2. The Balaban J connectivity index is 2.01. The van der Waals surface area contributed by atoms with Crippen LogP contribution in [0.5, 0.6) is 0 Å². The fraction of sp³-hybridized carbons (Fsp3) is 0.154. The number of benzene rings is 1. The molecule has 0 atom stereocenters. The molecule has 1 aromatic heterocycles. The van der Waals surface area contributed by atoms with Crippen LogP contribution in [0, 0.1) is 0 Å². The number of imide groups is 1. The number of rotatable bonds is 2. The smallest absolute Gasteiger partial charge is 0.246 e. The Kier molecular flexibility index (Phi) is 2.86. The van der Waals surface area contributed by atoms with Crippen LogP contribution in [0.3, 0.4) is 0 Å². The van der Waals surface area contributed by atoms with E-state index < -0.39 is 0 Å². The fourth-order valence-corrected chi connectivity index (χ4v) is 2.19. The summed E-state index contributed by atoms with van der Waals surface area (Å²) >= 11 is 0. The number of nitrogens with one attached hydrogen (secondary N) is 1. The highest BCUT2D eigenvalue weighted by Gasteiger charge is 2.25. The summed E-state index contributed by atoms with van der Waals surface area (Å²) in [5.74, 6) is -0.436. The second kappa shape index (κ2) is 4.69. The zero-order chi connectivity index (χ0) is 14.1. The van der Waals surface area contributed by atoms with Crippen molar-refractivity contribution in [2.24, 2.45) is 0 Å². The maximum atomic E-state index is 11.5. The van der Waals surface area contributed by atoms with Gasteiger partial charge in [0, 0.05) is 17.3 Å². The molecule has 1 aromatic carbocycles. The van der Waals surface area contributed by atoms with E-state index in [1.54, 1.807) is 11.0 Å². The van der Waals surface area contributed by atoms with Crippen LogP contribution in [0.2, 0.25) is 0 Å². The zero-order valence-corrected chi connectivity index (χ0v) is 10.5. The lowest BCUT2D eigenvalue weighted by Gasteiger charge is -2.28. The van der Waals surface area contributed by atoms with Crippen molar-refractivity contribution >= 4 is 23.4 Å². The number of anilines is 2. The van der Waals surface area contributed by atoms with Gasteiger partial charge in [-0.2, -0.15) is 0 Å². The molecule has 0 radical (unpaired) electrons. The molecule has 1 saturated heterocycles. The molecule has 7 nitrogen and oxygen atoms in total. The van der Waals surface area contributed by atoms with Gasteiger partial charge >= 0.3 is 0 Å². The summed E-state index contributed by atoms with van der Waals surface area (Å²) < 4.78 is 4.87. The third-order valence-corrected chi connectivity index (χ3v) is 3.00. The second-order valence-electron chi connectivity index (χ2n) is 4.46. The summed E-state index contributed by atoms with van der Waals surface area (Å²) in [4.78, 5) is 24.7. The Morgan fingerprint density at radius 3 is 2.55 bits per heavy atom. The van der Waals surface area contributed by atoms with Crippen molar-refractivity contribution in [1.29, 1.82) is 0 Å².